The summed E-state index contributed by atoms with van der Waals surface area (Å²) in [7, 11) is 1.68. The predicted octanol–water partition coefficient (Wildman–Crippen LogP) is 3.89. The van der Waals surface area contributed by atoms with Crippen molar-refractivity contribution in [2.75, 3.05) is 13.7 Å². The molecular formula is C28H27N3O4. The topological polar surface area (TPSA) is 92.4 Å². The SMILES string of the molecule is CCc1ccc(CN(C)C(=O)COC(=O)c2ccccc2Cc2nc3ccccc3c(=O)[nH]2)cc1. The average molecular weight is 470 g/mol. The normalized spacial score (nSPS) is 10.8. The van der Waals surface area contributed by atoms with Crippen LogP contribution in [0.15, 0.2) is 77.6 Å². The van der Waals surface area contributed by atoms with Gasteiger partial charge in [0.2, 0.25) is 0 Å². The lowest BCUT2D eigenvalue weighted by molar-refractivity contribution is -0.133. The molecule has 0 spiro atoms. The van der Waals surface area contributed by atoms with Gasteiger partial charge in [-0.25, -0.2) is 9.78 Å². The van der Waals surface area contributed by atoms with Gasteiger partial charge in [0, 0.05) is 20.0 Å². The van der Waals surface area contributed by atoms with E-state index in [1.165, 1.54) is 10.5 Å². The van der Waals surface area contributed by atoms with Crippen molar-refractivity contribution in [2.24, 2.45) is 0 Å². The molecule has 7 heteroatoms. The summed E-state index contributed by atoms with van der Waals surface area (Å²) in [5.74, 6) is -0.451. The van der Waals surface area contributed by atoms with Gasteiger partial charge in [0.25, 0.3) is 11.5 Å². The van der Waals surface area contributed by atoms with Crippen molar-refractivity contribution in [3.8, 4) is 0 Å². The van der Waals surface area contributed by atoms with Crippen molar-refractivity contribution in [1.29, 1.82) is 0 Å². The first-order chi connectivity index (χ1) is 16.9. The van der Waals surface area contributed by atoms with Crippen molar-refractivity contribution in [2.45, 2.75) is 26.3 Å². The monoisotopic (exact) mass is 469 g/mol. The van der Waals surface area contributed by atoms with Gasteiger partial charge in [-0.2, -0.15) is 0 Å². The van der Waals surface area contributed by atoms with Crippen LogP contribution in [0.2, 0.25) is 0 Å². The van der Waals surface area contributed by atoms with Gasteiger partial charge in [-0.15, -0.1) is 0 Å². The molecule has 35 heavy (non-hydrogen) atoms. The molecule has 0 fully saturated rings. The lowest BCUT2D eigenvalue weighted by Gasteiger charge is -2.18. The zero-order valence-corrected chi connectivity index (χ0v) is 19.8. The van der Waals surface area contributed by atoms with Crippen molar-refractivity contribution in [3.05, 3.63) is 111 Å². The molecule has 178 valence electrons. The number of amides is 1. The van der Waals surface area contributed by atoms with Gasteiger partial charge in [-0.3, -0.25) is 9.59 Å². The van der Waals surface area contributed by atoms with E-state index < -0.39 is 5.97 Å². The molecule has 0 bridgehead atoms. The van der Waals surface area contributed by atoms with E-state index in [0.29, 0.717) is 34.4 Å². The number of rotatable bonds is 8. The van der Waals surface area contributed by atoms with Gasteiger partial charge < -0.3 is 14.6 Å². The molecule has 0 saturated carbocycles. The average Bonchev–Trinajstić information content (AvgIpc) is 2.88. The van der Waals surface area contributed by atoms with Crippen LogP contribution in [0.3, 0.4) is 0 Å². The number of aryl methyl sites for hydroxylation is 1. The second-order valence-corrected chi connectivity index (χ2v) is 8.36. The Hall–Kier alpha value is -4.26. The number of nitrogens with zero attached hydrogens (tertiary/aromatic N) is 2. The summed E-state index contributed by atoms with van der Waals surface area (Å²) in [4.78, 5) is 46.6. The van der Waals surface area contributed by atoms with Crippen LogP contribution in [-0.2, 0) is 28.9 Å². The fraction of sp³-hybridized carbons (Fsp3) is 0.214. The highest BCUT2D eigenvalue weighted by Gasteiger charge is 2.17. The fourth-order valence-electron chi connectivity index (χ4n) is 3.83. The van der Waals surface area contributed by atoms with E-state index in [-0.39, 0.29) is 24.5 Å². The third kappa shape index (κ3) is 5.81. The zero-order chi connectivity index (χ0) is 24.8. The number of ether oxygens (including phenoxy) is 1. The summed E-state index contributed by atoms with van der Waals surface area (Å²) in [6.07, 6.45) is 1.20. The molecule has 4 aromatic rings. The van der Waals surface area contributed by atoms with E-state index in [9.17, 15) is 14.4 Å². The molecule has 3 aromatic carbocycles. The van der Waals surface area contributed by atoms with E-state index in [2.05, 4.69) is 16.9 Å². The first-order valence-electron chi connectivity index (χ1n) is 11.5. The number of aromatic amines is 1. The first kappa shape index (κ1) is 23.9. The number of fused-ring (bicyclic) bond motifs is 1. The van der Waals surface area contributed by atoms with E-state index in [1.807, 2.05) is 30.3 Å². The van der Waals surface area contributed by atoms with Crippen LogP contribution in [0.4, 0.5) is 0 Å². The molecule has 4 rings (SSSR count). The maximum absolute atomic E-state index is 12.8. The van der Waals surface area contributed by atoms with E-state index >= 15 is 0 Å². The van der Waals surface area contributed by atoms with Crippen molar-refractivity contribution in [3.63, 3.8) is 0 Å². The summed E-state index contributed by atoms with van der Waals surface area (Å²) in [6, 6.07) is 22.1. The van der Waals surface area contributed by atoms with Crippen LogP contribution < -0.4 is 5.56 Å². The van der Waals surface area contributed by atoms with Crippen LogP contribution in [0.25, 0.3) is 10.9 Å². The molecule has 0 unspecified atom stereocenters. The Morgan fingerprint density at radius 3 is 2.40 bits per heavy atom. The van der Waals surface area contributed by atoms with Crippen LogP contribution in [-0.4, -0.2) is 40.4 Å². The number of aromatic nitrogens is 2. The number of hydrogen-bond donors (Lipinski definition) is 1. The van der Waals surface area contributed by atoms with Crippen molar-refractivity contribution >= 4 is 22.8 Å². The summed E-state index contributed by atoms with van der Waals surface area (Å²) in [5.41, 5.74) is 3.57. The molecule has 0 aliphatic heterocycles. The Kier molecular flexibility index (Phi) is 7.35. The predicted molar refractivity (Wildman–Crippen MR) is 134 cm³/mol. The van der Waals surface area contributed by atoms with E-state index in [1.54, 1.807) is 49.5 Å². The standard InChI is InChI=1S/C28H27N3O4/c1-3-19-12-14-20(15-13-19)17-31(2)26(32)18-35-28(34)22-9-5-4-8-21(22)16-25-29-24-11-7-6-10-23(24)27(33)30-25/h4-15H,3,16-18H2,1-2H3,(H,29,30,33). The number of nitrogens with one attached hydrogen (secondary N) is 1. The summed E-state index contributed by atoms with van der Waals surface area (Å²) in [5, 5.41) is 0.507. The van der Waals surface area contributed by atoms with Crippen LogP contribution in [0, 0.1) is 0 Å². The van der Waals surface area contributed by atoms with Crippen LogP contribution >= 0.6 is 0 Å². The molecule has 0 aliphatic rings. The highest BCUT2D eigenvalue weighted by atomic mass is 16.5. The highest BCUT2D eigenvalue weighted by molar-refractivity contribution is 5.92. The first-order valence-corrected chi connectivity index (χ1v) is 11.5. The number of carbonyl (C=O) groups excluding carboxylic acids is 2. The molecule has 0 radical (unpaired) electrons. The summed E-state index contributed by atoms with van der Waals surface area (Å²) in [6.45, 7) is 2.16. The molecule has 1 N–H and O–H groups in total. The zero-order valence-electron chi connectivity index (χ0n) is 19.8. The number of likely N-dealkylation sites (N-methyl/N-ethyl adjacent to an activating group) is 1. The Bertz CT molecular complexity index is 1410. The quantitative estimate of drug-likeness (QED) is 0.395. The fourth-order valence-corrected chi connectivity index (χ4v) is 3.83. The second-order valence-electron chi connectivity index (χ2n) is 8.36. The minimum Gasteiger partial charge on any atom is -0.452 e. The molecule has 1 aromatic heterocycles. The maximum atomic E-state index is 12.8. The van der Waals surface area contributed by atoms with Gasteiger partial charge in [0.1, 0.15) is 5.82 Å². The van der Waals surface area contributed by atoms with Gasteiger partial charge in [0.05, 0.1) is 16.5 Å². The Morgan fingerprint density at radius 2 is 1.63 bits per heavy atom. The molecule has 0 saturated heterocycles. The van der Waals surface area contributed by atoms with Gasteiger partial charge in [-0.05, 0) is 41.3 Å². The molecule has 1 amide bonds. The Morgan fingerprint density at radius 1 is 0.943 bits per heavy atom. The number of carbonyl (C=O) groups is 2. The second kappa shape index (κ2) is 10.8. The lowest BCUT2D eigenvalue weighted by atomic mass is 10.0. The third-order valence-corrected chi connectivity index (χ3v) is 5.86. The smallest absolute Gasteiger partial charge is 0.338 e. The van der Waals surface area contributed by atoms with Gasteiger partial charge in [-0.1, -0.05) is 61.5 Å². The maximum Gasteiger partial charge on any atom is 0.338 e. The lowest BCUT2D eigenvalue weighted by Crippen LogP contribution is -2.31. The third-order valence-electron chi connectivity index (χ3n) is 5.86. The number of hydrogen-bond acceptors (Lipinski definition) is 5. The molecule has 1 heterocycles. The van der Waals surface area contributed by atoms with Gasteiger partial charge >= 0.3 is 5.97 Å². The Labute approximate surface area is 203 Å². The number of H-pyrrole nitrogens is 1. The number of benzene rings is 3. The minimum atomic E-state index is -0.599. The van der Waals surface area contributed by atoms with E-state index in [0.717, 1.165) is 12.0 Å². The Balaban J connectivity index is 1.41. The molecule has 7 nitrogen and oxygen atoms in total. The molecule has 0 atom stereocenters. The summed E-state index contributed by atoms with van der Waals surface area (Å²) >= 11 is 0. The van der Waals surface area contributed by atoms with Crippen molar-refractivity contribution in [1.82, 2.24) is 14.9 Å². The van der Waals surface area contributed by atoms with E-state index in [4.69, 9.17) is 4.74 Å². The highest BCUT2D eigenvalue weighted by Crippen LogP contribution is 2.15. The van der Waals surface area contributed by atoms with Crippen LogP contribution in [0.1, 0.15) is 39.8 Å². The minimum absolute atomic E-state index is 0.233. The molecule has 0 aliphatic carbocycles. The van der Waals surface area contributed by atoms with Crippen molar-refractivity contribution < 1.29 is 14.3 Å². The number of esters is 1. The van der Waals surface area contributed by atoms with Crippen LogP contribution in [0.5, 0.6) is 0 Å². The summed E-state index contributed by atoms with van der Waals surface area (Å²) < 4.78 is 5.34. The molecular weight excluding hydrogens is 442 g/mol. The van der Waals surface area contributed by atoms with Gasteiger partial charge in [0.15, 0.2) is 6.61 Å². The largest absolute Gasteiger partial charge is 0.452 e. The number of para-hydroxylation sites is 1.